The monoisotopic (exact) mass is 305 g/mol. The predicted molar refractivity (Wildman–Crippen MR) is 94.1 cm³/mol. The number of rotatable bonds is 2. The Hall–Kier alpha value is -2.68. The third-order valence-corrected chi connectivity index (χ3v) is 4.30. The Morgan fingerprint density at radius 3 is 2.35 bits per heavy atom. The Kier molecular flexibility index (Phi) is 3.64. The number of hydrogen-bond donors (Lipinski definition) is 0. The van der Waals surface area contributed by atoms with Crippen molar-refractivity contribution in [2.45, 2.75) is 20.8 Å². The average molecular weight is 305 g/mol. The summed E-state index contributed by atoms with van der Waals surface area (Å²) in [6, 6.07) is 13.6. The first-order valence-electron chi connectivity index (χ1n) is 7.61. The van der Waals surface area contributed by atoms with Crippen molar-refractivity contribution in [2.24, 2.45) is 7.05 Å². The minimum absolute atomic E-state index is 0.0253. The molecule has 0 saturated heterocycles. The molecular weight excluding hydrogens is 286 g/mol. The first-order chi connectivity index (χ1) is 10.9. The lowest BCUT2D eigenvalue weighted by atomic mass is 9.97. The maximum atomic E-state index is 12.8. The normalized spacial score (nSPS) is 11.0. The number of fused-ring (bicyclic) bond motifs is 1. The summed E-state index contributed by atoms with van der Waals surface area (Å²) in [7, 11) is 1.78. The highest BCUT2D eigenvalue weighted by atomic mass is 16.1. The van der Waals surface area contributed by atoms with E-state index >= 15 is 0 Å². The summed E-state index contributed by atoms with van der Waals surface area (Å²) < 4.78 is 1.66. The highest BCUT2D eigenvalue weighted by Crippen LogP contribution is 2.27. The highest BCUT2D eigenvalue weighted by Gasteiger charge is 2.14. The zero-order chi connectivity index (χ0) is 16.7. The Bertz CT molecular complexity index is 996. The van der Waals surface area contributed by atoms with E-state index in [-0.39, 0.29) is 11.3 Å². The number of nitrogens with zero attached hydrogens (tertiary/aromatic N) is 1. The van der Waals surface area contributed by atoms with Gasteiger partial charge in [-0.3, -0.25) is 9.59 Å². The standard InChI is InChI=1S/C20H19NO2/c1-12-9-16(14(3)22)17-11-19(15-8-6-5-7-13(15)2)21(4)20(23)18(17)10-12/h5-11H,1-4H3. The smallest absolute Gasteiger partial charge is 0.258 e. The van der Waals surface area contributed by atoms with Crippen molar-refractivity contribution in [3.05, 3.63) is 69.5 Å². The highest BCUT2D eigenvalue weighted by molar-refractivity contribution is 6.08. The lowest BCUT2D eigenvalue weighted by Crippen LogP contribution is -2.19. The maximum absolute atomic E-state index is 12.8. The van der Waals surface area contributed by atoms with Gasteiger partial charge < -0.3 is 4.57 Å². The van der Waals surface area contributed by atoms with Crippen LogP contribution >= 0.6 is 0 Å². The number of pyridine rings is 1. The van der Waals surface area contributed by atoms with Crippen LogP contribution in [0.4, 0.5) is 0 Å². The zero-order valence-electron chi connectivity index (χ0n) is 13.8. The van der Waals surface area contributed by atoms with Crippen molar-refractivity contribution in [3.63, 3.8) is 0 Å². The molecule has 0 N–H and O–H groups in total. The van der Waals surface area contributed by atoms with Crippen LogP contribution in [-0.2, 0) is 7.05 Å². The molecule has 0 aliphatic heterocycles. The summed E-state index contributed by atoms with van der Waals surface area (Å²) in [5.41, 5.74) is 4.37. The Morgan fingerprint density at radius 2 is 1.70 bits per heavy atom. The van der Waals surface area contributed by atoms with Crippen molar-refractivity contribution in [3.8, 4) is 11.3 Å². The van der Waals surface area contributed by atoms with Crippen LogP contribution in [0.5, 0.6) is 0 Å². The van der Waals surface area contributed by atoms with Gasteiger partial charge in [0, 0.05) is 28.9 Å². The van der Waals surface area contributed by atoms with E-state index in [1.165, 1.54) is 0 Å². The SMILES string of the molecule is CC(=O)c1cc(C)cc2c(=O)n(C)c(-c3ccccc3C)cc12. The van der Waals surface area contributed by atoms with Gasteiger partial charge >= 0.3 is 0 Å². The number of carbonyl (C=O) groups excluding carboxylic acids is 1. The third-order valence-electron chi connectivity index (χ3n) is 4.30. The molecule has 0 aliphatic carbocycles. The number of benzene rings is 2. The predicted octanol–water partition coefficient (Wildman–Crippen LogP) is 4.02. The first kappa shape index (κ1) is 15.2. The van der Waals surface area contributed by atoms with Gasteiger partial charge in [0.2, 0.25) is 0 Å². The molecule has 0 bridgehead atoms. The summed E-state index contributed by atoms with van der Waals surface area (Å²) in [6.45, 7) is 5.46. The maximum Gasteiger partial charge on any atom is 0.258 e. The fourth-order valence-electron chi connectivity index (χ4n) is 3.06. The van der Waals surface area contributed by atoms with Gasteiger partial charge in [0.1, 0.15) is 0 Å². The van der Waals surface area contributed by atoms with Crippen LogP contribution in [0.1, 0.15) is 28.4 Å². The van der Waals surface area contributed by atoms with E-state index < -0.39 is 0 Å². The van der Waals surface area contributed by atoms with Gasteiger partial charge in [-0.1, -0.05) is 24.3 Å². The van der Waals surface area contributed by atoms with Gasteiger partial charge in [-0.25, -0.2) is 0 Å². The summed E-state index contributed by atoms with van der Waals surface area (Å²) in [6.07, 6.45) is 0. The van der Waals surface area contributed by atoms with Crippen molar-refractivity contribution in [1.29, 1.82) is 0 Å². The molecule has 0 unspecified atom stereocenters. The molecule has 3 nitrogen and oxygen atoms in total. The molecule has 0 spiro atoms. The van der Waals surface area contributed by atoms with Crippen LogP contribution in [0.3, 0.4) is 0 Å². The van der Waals surface area contributed by atoms with Crippen LogP contribution in [0.2, 0.25) is 0 Å². The molecule has 1 heterocycles. The van der Waals surface area contributed by atoms with Gasteiger partial charge in [0.05, 0.1) is 5.69 Å². The molecule has 3 rings (SSSR count). The second kappa shape index (κ2) is 5.51. The Balaban J connectivity index is 2.48. The number of aryl methyl sites for hydroxylation is 2. The second-order valence-electron chi connectivity index (χ2n) is 6.04. The Morgan fingerprint density at radius 1 is 1.00 bits per heavy atom. The molecule has 0 aliphatic rings. The molecule has 116 valence electrons. The summed E-state index contributed by atoms with van der Waals surface area (Å²) in [4.78, 5) is 24.8. The molecule has 0 atom stereocenters. The second-order valence-corrected chi connectivity index (χ2v) is 6.04. The first-order valence-corrected chi connectivity index (χ1v) is 7.61. The topological polar surface area (TPSA) is 39.1 Å². The molecule has 3 aromatic rings. The van der Waals surface area contributed by atoms with Crippen LogP contribution in [-0.4, -0.2) is 10.4 Å². The summed E-state index contributed by atoms with van der Waals surface area (Å²) >= 11 is 0. The van der Waals surface area contributed by atoms with E-state index in [2.05, 4.69) is 0 Å². The quantitative estimate of drug-likeness (QED) is 0.671. The average Bonchev–Trinajstić information content (AvgIpc) is 2.51. The fourth-order valence-corrected chi connectivity index (χ4v) is 3.06. The Labute approximate surface area is 135 Å². The molecule has 0 saturated carbocycles. The van der Waals surface area contributed by atoms with Crippen LogP contribution in [0.25, 0.3) is 22.0 Å². The van der Waals surface area contributed by atoms with E-state index in [4.69, 9.17) is 0 Å². The number of Topliss-reactive ketones (excluding diaryl/α,β-unsaturated/α-hetero) is 1. The number of carbonyl (C=O) groups is 1. The van der Waals surface area contributed by atoms with E-state index in [0.717, 1.165) is 27.8 Å². The molecule has 0 fully saturated rings. The molecule has 3 heteroatoms. The van der Waals surface area contributed by atoms with Gasteiger partial charge in [0.15, 0.2) is 5.78 Å². The molecular formula is C20H19NO2. The molecule has 0 radical (unpaired) electrons. The minimum Gasteiger partial charge on any atom is -0.311 e. The molecule has 23 heavy (non-hydrogen) atoms. The summed E-state index contributed by atoms with van der Waals surface area (Å²) in [5.74, 6) is -0.0253. The van der Waals surface area contributed by atoms with Crippen molar-refractivity contribution < 1.29 is 4.79 Å². The van der Waals surface area contributed by atoms with E-state index in [9.17, 15) is 9.59 Å². The molecule has 1 aromatic heterocycles. The lowest BCUT2D eigenvalue weighted by Gasteiger charge is -2.14. The van der Waals surface area contributed by atoms with Crippen LogP contribution < -0.4 is 5.56 Å². The van der Waals surface area contributed by atoms with Gasteiger partial charge in [-0.05, 0) is 50.1 Å². The number of aromatic nitrogens is 1. The molecule has 0 amide bonds. The largest absolute Gasteiger partial charge is 0.311 e. The van der Waals surface area contributed by atoms with Gasteiger partial charge in [-0.2, -0.15) is 0 Å². The summed E-state index contributed by atoms with van der Waals surface area (Å²) in [5, 5.41) is 1.32. The van der Waals surface area contributed by atoms with Crippen LogP contribution in [0, 0.1) is 13.8 Å². The lowest BCUT2D eigenvalue weighted by molar-refractivity contribution is 0.101. The fraction of sp³-hybridized carbons (Fsp3) is 0.200. The van der Waals surface area contributed by atoms with E-state index in [0.29, 0.717) is 10.9 Å². The van der Waals surface area contributed by atoms with Gasteiger partial charge in [0.25, 0.3) is 5.56 Å². The number of ketones is 1. The third kappa shape index (κ3) is 2.48. The van der Waals surface area contributed by atoms with Gasteiger partial charge in [-0.15, -0.1) is 0 Å². The zero-order valence-corrected chi connectivity index (χ0v) is 13.8. The van der Waals surface area contributed by atoms with Crippen molar-refractivity contribution in [2.75, 3.05) is 0 Å². The molecule has 2 aromatic carbocycles. The van der Waals surface area contributed by atoms with E-state index in [1.807, 2.05) is 56.3 Å². The van der Waals surface area contributed by atoms with Crippen molar-refractivity contribution in [1.82, 2.24) is 4.57 Å². The van der Waals surface area contributed by atoms with Crippen LogP contribution in [0.15, 0.2) is 47.3 Å². The van der Waals surface area contributed by atoms with E-state index in [1.54, 1.807) is 18.5 Å². The minimum atomic E-state index is -0.0769. The number of hydrogen-bond acceptors (Lipinski definition) is 2. The van der Waals surface area contributed by atoms with Crippen molar-refractivity contribution >= 4 is 16.6 Å².